The summed E-state index contributed by atoms with van der Waals surface area (Å²) in [6.07, 6.45) is -1.30. The Morgan fingerprint density at radius 1 is 0.857 bits per heavy atom. The van der Waals surface area contributed by atoms with Crippen LogP contribution in [0.4, 0.5) is 10.1 Å². The second-order valence-electron chi connectivity index (χ2n) is 5.87. The van der Waals surface area contributed by atoms with Crippen molar-refractivity contribution in [3.63, 3.8) is 0 Å². The number of non-ortho nitro benzene ring substituents is 1. The first kappa shape index (κ1) is 18.9. The van der Waals surface area contributed by atoms with Crippen LogP contribution in [0.2, 0.25) is 0 Å². The van der Waals surface area contributed by atoms with Crippen LogP contribution in [0.25, 0.3) is 0 Å². The van der Waals surface area contributed by atoms with Crippen LogP contribution in [-0.2, 0) is 4.74 Å². The lowest BCUT2D eigenvalue weighted by molar-refractivity contribution is -0.384. The number of nitrogens with zero attached hydrogens (tertiary/aromatic N) is 1. The molecule has 6 nitrogen and oxygen atoms in total. The number of halogens is 1. The normalized spacial score (nSPS) is 11.5. The van der Waals surface area contributed by atoms with Crippen LogP contribution in [0.15, 0.2) is 78.9 Å². The van der Waals surface area contributed by atoms with Crippen molar-refractivity contribution in [1.82, 2.24) is 0 Å². The molecule has 0 aliphatic carbocycles. The number of hydrogen-bond donors (Lipinski definition) is 0. The van der Waals surface area contributed by atoms with E-state index < -0.39 is 28.6 Å². The molecule has 3 rings (SSSR count). The van der Waals surface area contributed by atoms with Gasteiger partial charge in [-0.15, -0.1) is 0 Å². The lowest BCUT2D eigenvalue weighted by Crippen LogP contribution is -2.20. The van der Waals surface area contributed by atoms with Crippen molar-refractivity contribution in [3.05, 3.63) is 111 Å². The topological polar surface area (TPSA) is 86.5 Å². The molecule has 0 saturated heterocycles. The Kier molecular flexibility index (Phi) is 5.55. The molecule has 0 unspecified atom stereocenters. The third kappa shape index (κ3) is 4.27. The first-order valence-electron chi connectivity index (χ1n) is 8.26. The number of carbonyl (C=O) groups is 2. The quantitative estimate of drug-likeness (QED) is 0.272. The molecule has 0 N–H and O–H groups in total. The Morgan fingerprint density at radius 3 is 2.04 bits per heavy atom. The van der Waals surface area contributed by atoms with E-state index in [1.165, 1.54) is 36.4 Å². The van der Waals surface area contributed by atoms with E-state index in [0.717, 1.165) is 12.1 Å². The summed E-state index contributed by atoms with van der Waals surface area (Å²) < 4.78 is 18.5. The van der Waals surface area contributed by atoms with Crippen molar-refractivity contribution >= 4 is 17.4 Å². The van der Waals surface area contributed by atoms with Crippen LogP contribution in [0, 0.1) is 15.9 Å². The summed E-state index contributed by atoms with van der Waals surface area (Å²) in [5.41, 5.74) is 0.529. The SMILES string of the molecule is O=C(O[C@@H](C(=O)c1ccccc1)c1ccc([N+](=O)[O-])cc1)c1ccc(F)cc1. The Morgan fingerprint density at radius 2 is 1.46 bits per heavy atom. The lowest BCUT2D eigenvalue weighted by atomic mass is 9.99. The van der Waals surface area contributed by atoms with Gasteiger partial charge in [-0.05, 0) is 36.4 Å². The molecule has 3 aromatic carbocycles. The fourth-order valence-corrected chi connectivity index (χ4v) is 2.56. The third-order valence-corrected chi connectivity index (χ3v) is 4.01. The molecule has 0 amide bonds. The molecular weight excluding hydrogens is 365 g/mol. The Labute approximate surface area is 159 Å². The molecular formula is C21H14FNO5. The van der Waals surface area contributed by atoms with Gasteiger partial charge in [-0.2, -0.15) is 0 Å². The molecule has 0 aliphatic heterocycles. The number of Topliss-reactive ketones (excluding diaryl/α,β-unsaturated/α-hetero) is 1. The molecule has 0 spiro atoms. The Hall–Kier alpha value is -3.87. The van der Waals surface area contributed by atoms with E-state index in [2.05, 4.69) is 0 Å². The monoisotopic (exact) mass is 379 g/mol. The average molecular weight is 379 g/mol. The lowest BCUT2D eigenvalue weighted by Gasteiger charge is -2.17. The van der Waals surface area contributed by atoms with Gasteiger partial charge in [-0.25, -0.2) is 9.18 Å². The molecule has 3 aromatic rings. The van der Waals surface area contributed by atoms with Gasteiger partial charge in [0.2, 0.25) is 5.78 Å². The maximum Gasteiger partial charge on any atom is 0.339 e. The van der Waals surface area contributed by atoms with E-state index in [1.807, 2.05) is 0 Å². The third-order valence-electron chi connectivity index (χ3n) is 4.01. The zero-order valence-corrected chi connectivity index (χ0v) is 14.4. The molecule has 0 heterocycles. The summed E-state index contributed by atoms with van der Waals surface area (Å²) in [7, 11) is 0. The average Bonchev–Trinajstić information content (AvgIpc) is 2.72. The molecule has 0 bridgehead atoms. The van der Waals surface area contributed by atoms with Crippen LogP contribution < -0.4 is 0 Å². The van der Waals surface area contributed by atoms with Crippen LogP contribution in [0.1, 0.15) is 32.4 Å². The molecule has 0 aromatic heterocycles. The van der Waals surface area contributed by atoms with Crippen molar-refractivity contribution < 1.29 is 23.6 Å². The first-order chi connectivity index (χ1) is 13.5. The number of carbonyl (C=O) groups excluding carboxylic acids is 2. The maximum atomic E-state index is 13.1. The number of benzene rings is 3. The van der Waals surface area contributed by atoms with Crippen molar-refractivity contribution in [1.29, 1.82) is 0 Å². The van der Waals surface area contributed by atoms with Gasteiger partial charge in [0.05, 0.1) is 10.5 Å². The second kappa shape index (κ2) is 8.22. The molecule has 0 fully saturated rings. The Balaban J connectivity index is 1.94. The predicted molar refractivity (Wildman–Crippen MR) is 98.4 cm³/mol. The van der Waals surface area contributed by atoms with Gasteiger partial charge >= 0.3 is 5.97 Å². The molecule has 7 heteroatoms. The highest BCUT2D eigenvalue weighted by Gasteiger charge is 2.27. The zero-order chi connectivity index (χ0) is 20.1. The standard InChI is InChI=1S/C21H14FNO5/c22-17-10-6-16(7-11-17)21(25)28-20(19(24)14-4-2-1-3-5-14)15-8-12-18(13-9-15)23(26)27/h1-13,20H/t20-/m1/s1. The summed E-state index contributed by atoms with van der Waals surface area (Å²) in [5.74, 6) is -1.80. The highest BCUT2D eigenvalue weighted by Crippen LogP contribution is 2.26. The van der Waals surface area contributed by atoms with Crippen LogP contribution in [0.3, 0.4) is 0 Å². The van der Waals surface area contributed by atoms with Crippen LogP contribution in [0.5, 0.6) is 0 Å². The molecule has 0 radical (unpaired) electrons. The highest BCUT2D eigenvalue weighted by atomic mass is 19.1. The summed E-state index contributed by atoms with van der Waals surface area (Å²) in [6, 6.07) is 18.1. The summed E-state index contributed by atoms with van der Waals surface area (Å²) in [6.45, 7) is 0. The van der Waals surface area contributed by atoms with Gasteiger partial charge in [0.1, 0.15) is 5.82 Å². The smallest absolute Gasteiger partial charge is 0.339 e. The van der Waals surface area contributed by atoms with E-state index in [9.17, 15) is 24.1 Å². The number of nitro benzene ring substituents is 1. The van der Waals surface area contributed by atoms with Gasteiger partial charge < -0.3 is 4.74 Å². The molecule has 140 valence electrons. The maximum absolute atomic E-state index is 13.1. The second-order valence-corrected chi connectivity index (χ2v) is 5.87. The van der Waals surface area contributed by atoms with Crippen molar-refractivity contribution in [3.8, 4) is 0 Å². The zero-order valence-electron chi connectivity index (χ0n) is 14.4. The molecule has 0 aliphatic rings. The number of hydrogen-bond acceptors (Lipinski definition) is 5. The minimum Gasteiger partial charge on any atom is -0.445 e. The first-order valence-corrected chi connectivity index (χ1v) is 8.26. The number of rotatable bonds is 6. The number of nitro groups is 1. The van der Waals surface area contributed by atoms with Gasteiger partial charge in [0.25, 0.3) is 5.69 Å². The van der Waals surface area contributed by atoms with E-state index in [-0.39, 0.29) is 16.8 Å². The van der Waals surface area contributed by atoms with E-state index in [0.29, 0.717) is 5.56 Å². The highest BCUT2D eigenvalue weighted by molar-refractivity contribution is 6.02. The number of ketones is 1. The minimum atomic E-state index is -1.30. The summed E-state index contributed by atoms with van der Waals surface area (Å²) >= 11 is 0. The molecule has 0 saturated carbocycles. The van der Waals surface area contributed by atoms with Gasteiger partial charge in [-0.1, -0.05) is 30.3 Å². The van der Waals surface area contributed by atoms with E-state index >= 15 is 0 Å². The predicted octanol–water partition coefficient (Wildman–Crippen LogP) is 4.51. The van der Waals surface area contributed by atoms with Gasteiger partial charge in [0.15, 0.2) is 6.10 Å². The van der Waals surface area contributed by atoms with Crippen molar-refractivity contribution in [2.75, 3.05) is 0 Å². The van der Waals surface area contributed by atoms with Crippen molar-refractivity contribution in [2.24, 2.45) is 0 Å². The minimum absolute atomic E-state index is 0.0779. The van der Waals surface area contributed by atoms with Crippen LogP contribution >= 0.6 is 0 Å². The number of esters is 1. The summed E-state index contributed by atoms with van der Waals surface area (Å²) in [4.78, 5) is 35.6. The fraction of sp³-hybridized carbons (Fsp3) is 0.0476. The molecule has 28 heavy (non-hydrogen) atoms. The number of ether oxygens (including phenoxy) is 1. The molecule has 1 atom stereocenters. The van der Waals surface area contributed by atoms with Gasteiger partial charge in [-0.3, -0.25) is 14.9 Å². The largest absolute Gasteiger partial charge is 0.445 e. The van der Waals surface area contributed by atoms with Crippen molar-refractivity contribution in [2.45, 2.75) is 6.10 Å². The summed E-state index contributed by atoms with van der Waals surface area (Å²) in [5, 5.41) is 10.9. The van der Waals surface area contributed by atoms with E-state index in [1.54, 1.807) is 30.3 Å². The Bertz CT molecular complexity index is 1000. The van der Waals surface area contributed by atoms with E-state index in [4.69, 9.17) is 4.74 Å². The fourth-order valence-electron chi connectivity index (χ4n) is 2.56. The van der Waals surface area contributed by atoms with Crippen LogP contribution in [-0.4, -0.2) is 16.7 Å². The van der Waals surface area contributed by atoms with Gasteiger partial charge in [0, 0.05) is 23.3 Å².